The minimum absolute atomic E-state index is 0.146. The fraction of sp³-hybridized carbons (Fsp3) is 0.900. The summed E-state index contributed by atoms with van der Waals surface area (Å²) in [4.78, 5) is 11.3. The molecule has 1 aliphatic heterocycles. The number of halogens is 2. The molecule has 0 aromatic rings. The van der Waals surface area contributed by atoms with Gasteiger partial charge in [-0.3, -0.25) is 4.55 Å². The Labute approximate surface area is 113 Å². The zero-order chi connectivity index (χ0) is 15.3. The third-order valence-corrected chi connectivity index (χ3v) is 4.62. The van der Waals surface area contributed by atoms with Crippen LogP contribution in [0.5, 0.6) is 0 Å². The van der Waals surface area contributed by atoms with Crippen molar-refractivity contribution in [3.63, 3.8) is 0 Å². The Morgan fingerprint density at radius 1 is 1.50 bits per heavy atom. The van der Waals surface area contributed by atoms with Gasteiger partial charge < -0.3 is 14.6 Å². The van der Waals surface area contributed by atoms with E-state index in [1.165, 1.54) is 6.92 Å². The van der Waals surface area contributed by atoms with Crippen molar-refractivity contribution in [3.05, 3.63) is 0 Å². The lowest BCUT2D eigenvalue weighted by Crippen LogP contribution is -2.50. The van der Waals surface area contributed by atoms with Crippen molar-refractivity contribution in [2.45, 2.75) is 49.4 Å². The van der Waals surface area contributed by atoms with Crippen LogP contribution >= 0.6 is 0 Å². The van der Waals surface area contributed by atoms with Crippen molar-refractivity contribution >= 4 is 16.1 Å². The maximum atomic E-state index is 13.2. The van der Waals surface area contributed by atoms with E-state index < -0.39 is 39.3 Å². The van der Waals surface area contributed by atoms with E-state index in [1.54, 1.807) is 0 Å². The number of ether oxygens (including phenoxy) is 2. The molecule has 2 rings (SSSR count). The highest BCUT2D eigenvalue weighted by Gasteiger charge is 2.59. The molecule has 2 aliphatic rings. The smallest absolute Gasteiger partial charge is 0.451 e. The van der Waals surface area contributed by atoms with Crippen LogP contribution in [-0.4, -0.2) is 47.3 Å². The molecule has 116 valence electrons. The zero-order valence-electron chi connectivity index (χ0n) is 10.5. The minimum Gasteiger partial charge on any atom is -0.451 e. The molecule has 2 fully saturated rings. The number of aliphatic hydroxyl groups excluding tert-OH is 1. The number of carbonyl (C=O) groups excluding carboxylic acids is 1. The zero-order valence-corrected chi connectivity index (χ0v) is 11.3. The summed E-state index contributed by atoms with van der Waals surface area (Å²) in [6.07, 6.45) is -0.992. The molecule has 0 spiro atoms. The first-order chi connectivity index (χ1) is 8.97. The molecule has 20 heavy (non-hydrogen) atoms. The van der Waals surface area contributed by atoms with Gasteiger partial charge in [0.2, 0.25) is 0 Å². The second kappa shape index (κ2) is 4.58. The van der Waals surface area contributed by atoms with Gasteiger partial charge in [0.25, 0.3) is 0 Å². The van der Waals surface area contributed by atoms with Crippen molar-refractivity contribution in [3.8, 4) is 0 Å². The lowest BCUT2D eigenvalue weighted by Gasteiger charge is -2.37. The van der Waals surface area contributed by atoms with Crippen LogP contribution in [0.3, 0.4) is 0 Å². The maximum Gasteiger partial charge on any atom is 0.465 e. The summed E-state index contributed by atoms with van der Waals surface area (Å²) >= 11 is 0. The van der Waals surface area contributed by atoms with Crippen LogP contribution in [-0.2, 0) is 24.4 Å². The van der Waals surface area contributed by atoms with E-state index in [2.05, 4.69) is 4.74 Å². The normalized spacial score (nSPS) is 37.8. The van der Waals surface area contributed by atoms with Gasteiger partial charge in [0.15, 0.2) is 6.29 Å². The molecule has 1 saturated heterocycles. The number of esters is 1. The molecule has 0 radical (unpaired) electrons. The number of aliphatic hydroxyl groups is 1. The lowest BCUT2D eigenvalue weighted by molar-refractivity contribution is -0.198. The summed E-state index contributed by atoms with van der Waals surface area (Å²) in [5.41, 5.74) is -1.47. The van der Waals surface area contributed by atoms with Crippen molar-refractivity contribution in [1.29, 1.82) is 0 Å². The lowest BCUT2D eigenvalue weighted by atomic mass is 9.79. The first-order valence-corrected chi connectivity index (χ1v) is 7.33. The molecule has 1 heterocycles. The van der Waals surface area contributed by atoms with Crippen LogP contribution in [0.1, 0.15) is 26.2 Å². The van der Waals surface area contributed by atoms with E-state index in [-0.39, 0.29) is 12.3 Å². The highest BCUT2D eigenvalue weighted by Crippen LogP contribution is 2.45. The number of alkyl halides is 2. The maximum absolute atomic E-state index is 13.2. The van der Waals surface area contributed by atoms with Gasteiger partial charge in [-0.2, -0.15) is 17.2 Å². The van der Waals surface area contributed by atoms with Gasteiger partial charge in [0.05, 0.1) is 0 Å². The highest BCUT2D eigenvalue weighted by molar-refractivity contribution is 7.87. The van der Waals surface area contributed by atoms with E-state index in [0.717, 1.165) is 0 Å². The highest BCUT2D eigenvalue weighted by atomic mass is 32.2. The van der Waals surface area contributed by atoms with Gasteiger partial charge in [-0.05, 0) is 26.2 Å². The molecule has 1 aliphatic carbocycles. The number of rotatable bonds is 3. The van der Waals surface area contributed by atoms with Crippen LogP contribution in [0.15, 0.2) is 0 Å². The number of hydrogen-bond acceptors (Lipinski definition) is 6. The van der Waals surface area contributed by atoms with Gasteiger partial charge in [0.1, 0.15) is 11.7 Å². The first kappa shape index (κ1) is 15.5. The summed E-state index contributed by atoms with van der Waals surface area (Å²) < 4.78 is 65.4. The molecule has 0 aromatic heterocycles. The molecule has 1 saturated carbocycles. The van der Waals surface area contributed by atoms with E-state index in [9.17, 15) is 27.1 Å². The van der Waals surface area contributed by atoms with E-state index in [0.29, 0.717) is 12.8 Å². The summed E-state index contributed by atoms with van der Waals surface area (Å²) in [5, 5.41) is 4.47. The Morgan fingerprint density at radius 3 is 2.65 bits per heavy atom. The molecule has 0 aromatic carbocycles. The molecule has 0 amide bonds. The third kappa shape index (κ3) is 2.41. The summed E-state index contributed by atoms with van der Waals surface area (Å²) in [6.45, 7) is 1.32. The summed E-state index contributed by atoms with van der Waals surface area (Å²) in [5.74, 6) is -2.51. The minimum atomic E-state index is -5.90. The number of hydrogen-bond donors (Lipinski definition) is 2. The van der Waals surface area contributed by atoms with Crippen molar-refractivity contribution in [2.24, 2.45) is 5.92 Å². The van der Waals surface area contributed by atoms with Crippen molar-refractivity contribution in [1.82, 2.24) is 0 Å². The van der Waals surface area contributed by atoms with Crippen LogP contribution in [0.4, 0.5) is 8.78 Å². The molecule has 4 unspecified atom stereocenters. The monoisotopic (exact) mass is 316 g/mol. The molecule has 4 atom stereocenters. The Kier molecular flexibility index (Phi) is 3.56. The largest absolute Gasteiger partial charge is 0.465 e. The molecule has 2 bridgehead atoms. The molecule has 2 N–H and O–H groups in total. The fourth-order valence-corrected chi connectivity index (χ4v) is 2.76. The Bertz CT molecular complexity index is 518. The third-order valence-electron chi connectivity index (χ3n) is 3.80. The van der Waals surface area contributed by atoms with Gasteiger partial charge >= 0.3 is 21.3 Å². The topological polar surface area (TPSA) is 110 Å². The van der Waals surface area contributed by atoms with Crippen LogP contribution < -0.4 is 0 Å². The van der Waals surface area contributed by atoms with Crippen LogP contribution in [0.2, 0.25) is 0 Å². The second-order valence-electron chi connectivity index (χ2n) is 5.24. The van der Waals surface area contributed by atoms with Gasteiger partial charge in [0, 0.05) is 5.92 Å². The standard InChI is InChI=1S/C10H14F2O7S/c1-9(3-2-5-4-6(9)18-7(5)13)19-8(14)10(11,12)20(15,16)17/h5-7,13H,2-4H2,1H3,(H,15,16,17). The second-order valence-corrected chi connectivity index (χ2v) is 6.71. The van der Waals surface area contributed by atoms with Gasteiger partial charge in [-0.25, -0.2) is 4.79 Å². The predicted molar refractivity (Wildman–Crippen MR) is 59.2 cm³/mol. The van der Waals surface area contributed by atoms with E-state index >= 15 is 0 Å². The summed E-state index contributed by atoms with van der Waals surface area (Å²) in [7, 11) is -5.90. The van der Waals surface area contributed by atoms with Crippen LogP contribution in [0.25, 0.3) is 0 Å². The van der Waals surface area contributed by atoms with Crippen molar-refractivity contribution < 1.29 is 41.1 Å². The molecular formula is C10H14F2O7S. The van der Waals surface area contributed by atoms with Gasteiger partial charge in [-0.15, -0.1) is 0 Å². The Balaban J connectivity index is 2.16. The van der Waals surface area contributed by atoms with Crippen LogP contribution in [0, 0.1) is 5.92 Å². The molecule has 7 nitrogen and oxygen atoms in total. The van der Waals surface area contributed by atoms with Crippen molar-refractivity contribution in [2.75, 3.05) is 0 Å². The average molecular weight is 316 g/mol. The Hall–Kier alpha value is -0.840. The first-order valence-electron chi connectivity index (χ1n) is 5.89. The van der Waals surface area contributed by atoms with E-state index in [1.807, 2.05) is 0 Å². The number of fused-ring (bicyclic) bond motifs is 2. The molecule has 10 heteroatoms. The van der Waals surface area contributed by atoms with Gasteiger partial charge in [-0.1, -0.05) is 0 Å². The Morgan fingerprint density at radius 2 is 2.10 bits per heavy atom. The fourth-order valence-electron chi connectivity index (χ4n) is 2.51. The predicted octanol–water partition coefficient (Wildman–Crippen LogP) is 0.286. The quantitative estimate of drug-likeness (QED) is 0.568. The molecular weight excluding hydrogens is 302 g/mol. The summed E-state index contributed by atoms with van der Waals surface area (Å²) in [6, 6.07) is 0. The number of carbonyl (C=O) groups is 1. The SMILES string of the molecule is CC1(OC(=O)C(F)(F)S(=O)(=O)O)CCC2CC1OC2O. The van der Waals surface area contributed by atoms with E-state index in [4.69, 9.17) is 9.29 Å². The average Bonchev–Trinajstić information content (AvgIpc) is 2.62.